The Labute approximate surface area is 91.8 Å². The first-order valence-electron chi connectivity index (χ1n) is 5.32. The summed E-state index contributed by atoms with van der Waals surface area (Å²) in [7, 11) is 1.94. The molecule has 1 aromatic rings. The lowest BCUT2D eigenvalue weighted by atomic mass is 10.1. The average Bonchev–Trinajstić information content (AvgIpc) is 2.15. The van der Waals surface area contributed by atoms with Gasteiger partial charge >= 0.3 is 0 Å². The fourth-order valence-corrected chi connectivity index (χ4v) is 1.54. The molecular formula is C12H20N2O. The second kappa shape index (κ2) is 4.62. The van der Waals surface area contributed by atoms with Crippen molar-refractivity contribution in [1.82, 2.24) is 4.98 Å². The van der Waals surface area contributed by atoms with Crippen LogP contribution in [0.3, 0.4) is 0 Å². The van der Waals surface area contributed by atoms with Gasteiger partial charge in [0.25, 0.3) is 0 Å². The van der Waals surface area contributed by atoms with Gasteiger partial charge in [-0.15, -0.1) is 0 Å². The highest BCUT2D eigenvalue weighted by atomic mass is 16.3. The van der Waals surface area contributed by atoms with E-state index in [-0.39, 0.29) is 0 Å². The predicted molar refractivity (Wildman–Crippen MR) is 63.2 cm³/mol. The Kier molecular flexibility index (Phi) is 3.69. The van der Waals surface area contributed by atoms with E-state index >= 15 is 0 Å². The summed E-state index contributed by atoms with van der Waals surface area (Å²) >= 11 is 0. The Morgan fingerprint density at radius 1 is 1.40 bits per heavy atom. The summed E-state index contributed by atoms with van der Waals surface area (Å²) in [5.41, 5.74) is 0.383. The first-order valence-corrected chi connectivity index (χ1v) is 5.32. The monoisotopic (exact) mass is 208 g/mol. The van der Waals surface area contributed by atoms with Crippen molar-refractivity contribution in [3.05, 3.63) is 23.9 Å². The molecule has 0 amide bonds. The summed E-state index contributed by atoms with van der Waals surface area (Å²) in [6.45, 7) is 6.26. The number of aryl methyl sites for hydroxylation is 1. The fraction of sp³-hybridized carbons (Fsp3) is 0.583. The van der Waals surface area contributed by atoms with Crippen LogP contribution in [0.25, 0.3) is 0 Å². The molecule has 0 spiro atoms. The Hall–Kier alpha value is -1.09. The molecule has 15 heavy (non-hydrogen) atoms. The molecule has 0 aliphatic carbocycles. The van der Waals surface area contributed by atoms with Gasteiger partial charge in [0.05, 0.1) is 5.60 Å². The highest BCUT2D eigenvalue weighted by molar-refractivity contribution is 5.38. The van der Waals surface area contributed by atoms with Crippen molar-refractivity contribution in [2.75, 3.05) is 18.5 Å². The Bertz CT molecular complexity index is 318. The molecular weight excluding hydrogens is 188 g/mol. The van der Waals surface area contributed by atoms with Gasteiger partial charge in [0.15, 0.2) is 0 Å². The van der Waals surface area contributed by atoms with Gasteiger partial charge < -0.3 is 10.0 Å². The van der Waals surface area contributed by atoms with Gasteiger partial charge in [0.1, 0.15) is 5.82 Å². The van der Waals surface area contributed by atoms with E-state index in [2.05, 4.69) is 11.9 Å². The molecule has 3 heteroatoms. The minimum absolute atomic E-state index is 0.577. The Balaban J connectivity index is 2.77. The molecule has 1 aromatic heterocycles. The van der Waals surface area contributed by atoms with E-state index in [1.54, 1.807) is 13.8 Å². The van der Waals surface area contributed by atoms with Crippen LogP contribution in [0.2, 0.25) is 0 Å². The third-order valence-electron chi connectivity index (χ3n) is 2.17. The minimum atomic E-state index is -0.696. The quantitative estimate of drug-likeness (QED) is 0.820. The van der Waals surface area contributed by atoms with Crippen molar-refractivity contribution >= 4 is 5.82 Å². The molecule has 84 valence electrons. The summed E-state index contributed by atoms with van der Waals surface area (Å²) in [5, 5.41) is 9.71. The molecule has 0 aromatic carbocycles. The second-order valence-electron chi connectivity index (χ2n) is 4.51. The van der Waals surface area contributed by atoms with Gasteiger partial charge in [-0.3, -0.25) is 0 Å². The van der Waals surface area contributed by atoms with Gasteiger partial charge in [0, 0.05) is 19.3 Å². The van der Waals surface area contributed by atoms with Crippen LogP contribution in [-0.4, -0.2) is 29.3 Å². The van der Waals surface area contributed by atoms with Crippen LogP contribution < -0.4 is 4.90 Å². The van der Waals surface area contributed by atoms with Crippen LogP contribution in [0.1, 0.15) is 26.5 Å². The van der Waals surface area contributed by atoms with Gasteiger partial charge in [-0.05, 0) is 32.4 Å². The lowest BCUT2D eigenvalue weighted by Crippen LogP contribution is -2.36. The lowest BCUT2D eigenvalue weighted by molar-refractivity contribution is 0.0884. The summed E-state index contributed by atoms with van der Waals surface area (Å²) in [6, 6.07) is 5.98. The Morgan fingerprint density at radius 3 is 2.60 bits per heavy atom. The molecule has 1 rings (SSSR count). The molecule has 0 saturated carbocycles. The van der Waals surface area contributed by atoms with E-state index in [1.807, 2.05) is 30.1 Å². The molecule has 0 fully saturated rings. The van der Waals surface area contributed by atoms with Crippen molar-refractivity contribution in [1.29, 1.82) is 0 Å². The minimum Gasteiger partial charge on any atom is -0.389 e. The molecule has 0 atom stereocenters. The summed E-state index contributed by atoms with van der Waals surface area (Å²) in [6.07, 6.45) is 0.935. The number of nitrogens with zero attached hydrogens (tertiary/aromatic N) is 2. The van der Waals surface area contributed by atoms with Crippen LogP contribution in [0.5, 0.6) is 0 Å². The number of hydrogen-bond acceptors (Lipinski definition) is 3. The maximum atomic E-state index is 9.71. The van der Waals surface area contributed by atoms with Crippen LogP contribution >= 0.6 is 0 Å². The summed E-state index contributed by atoms with van der Waals surface area (Å²) in [5.74, 6) is 0.913. The number of pyridine rings is 1. The SMILES string of the molecule is CCc1cccc(N(C)CC(C)(C)O)n1. The van der Waals surface area contributed by atoms with E-state index in [4.69, 9.17) is 0 Å². The summed E-state index contributed by atoms with van der Waals surface area (Å²) in [4.78, 5) is 6.46. The number of likely N-dealkylation sites (N-methyl/N-ethyl adjacent to an activating group) is 1. The van der Waals surface area contributed by atoms with E-state index in [0.717, 1.165) is 17.9 Å². The maximum absolute atomic E-state index is 9.71. The average molecular weight is 208 g/mol. The standard InChI is InChI=1S/C12H20N2O/c1-5-10-7-6-8-11(13-10)14(4)9-12(2,3)15/h6-8,15H,5,9H2,1-4H3. The molecule has 0 aliphatic rings. The molecule has 1 heterocycles. The van der Waals surface area contributed by atoms with Crippen molar-refractivity contribution in [3.8, 4) is 0 Å². The molecule has 0 unspecified atom stereocenters. The van der Waals surface area contributed by atoms with Crippen LogP contribution in [0.4, 0.5) is 5.82 Å². The van der Waals surface area contributed by atoms with E-state index in [1.165, 1.54) is 0 Å². The van der Waals surface area contributed by atoms with Crippen LogP contribution in [0, 0.1) is 0 Å². The van der Waals surface area contributed by atoms with Crippen molar-refractivity contribution in [3.63, 3.8) is 0 Å². The second-order valence-corrected chi connectivity index (χ2v) is 4.51. The smallest absolute Gasteiger partial charge is 0.128 e. The van der Waals surface area contributed by atoms with Crippen LogP contribution in [-0.2, 0) is 6.42 Å². The molecule has 3 nitrogen and oxygen atoms in total. The lowest BCUT2D eigenvalue weighted by Gasteiger charge is -2.26. The van der Waals surface area contributed by atoms with E-state index < -0.39 is 5.60 Å². The molecule has 0 saturated heterocycles. The molecule has 0 radical (unpaired) electrons. The topological polar surface area (TPSA) is 36.4 Å². The van der Waals surface area contributed by atoms with Crippen molar-refractivity contribution < 1.29 is 5.11 Å². The van der Waals surface area contributed by atoms with Gasteiger partial charge in [-0.2, -0.15) is 0 Å². The van der Waals surface area contributed by atoms with E-state index in [0.29, 0.717) is 6.54 Å². The third-order valence-corrected chi connectivity index (χ3v) is 2.17. The molecule has 1 N–H and O–H groups in total. The number of aromatic nitrogens is 1. The first-order chi connectivity index (χ1) is 6.92. The Morgan fingerprint density at radius 2 is 2.07 bits per heavy atom. The number of hydrogen-bond donors (Lipinski definition) is 1. The maximum Gasteiger partial charge on any atom is 0.128 e. The number of rotatable bonds is 4. The normalized spacial score (nSPS) is 11.5. The van der Waals surface area contributed by atoms with Crippen molar-refractivity contribution in [2.24, 2.45) is 0 Å². The van der Waals surface area contributed by atoms with Crippen molar-refractivity contribution in [2.45, 2.75) is 32.8 Å². The zero-order valence-electron chi connectivity index (χ0n) is 9.99. The fourth-order valence-electron chi connectivity index (χ4n) is 1.54. The van der Waals surface area contributed by atoms with Crippen LogP contribution in [0.15, 0.2) is 18.2 Å². The first kappa shape index (κ1) is 12.0. The predicted octanol–water partition coefficient (Wildman–Crippen LogP) is 1.85. The molecule has 0 bridgehead atoms. The highest BCUT2D eigenvalue weighted by Gasteiger charge is 2.16. The zero-order chi connectivity index (χ0) is 11.5. The largest absolute Gasteiger partial charge is 0.389 e. The summed E-state index contributed by atoms with van der Waals surface area (Å²) < 4.78 is 0. The van der Waals surface area contributed by atoms with E-state index in [9.17, 15) is 5.11 Å². The number of anilines is 1. The molecule has 0 aliphatic heterocycles. The number of aliphatic hydroxyl groups is 1. The zero-order valence-corrected chi connectivity index (χ0v) is 9.99. The van der Waals surface area contributed by atoms with Gasteiger partial charge in [-0.25, -0.2) is 4.98 Å². The van der Waals surface area contributed by atoms with Gasteiger partial charge in [0.2, 0.25) is 0 Å². The van der Waals surface area contributed by atoms with Gasteiger partial charge in [-0.1, -0.05) is 13.0 Å². The highest BCUT2D eigenvalue weighted by Crippen LogP contribution is 2.13. The third kappa shape index (κ3) is 3.88.